The second-order valence-corrected chi connectivity index (χ2v) is 4.95. The number of ether oxygens (including phenoxy) is 1. The fourth-order valence-electron chi connectivity index (χ4n) is 2.06. The van der Waals surface area contributed by atoms with Crippen LogP contribution in [0.5, 0.6) is 0 Å². The SMILES string of the molecule is CCOC(=O)/C=C/C(=O)c1c(F)c(F)c(F)c(F)c1Nc1ccccc1. The lowest BCUT2D eigenvalue weighted by Crippen LogP contribution is -2.12. The normalized spacial score (nSPS) is 10.8. The van der Waals surface area contributed by atoms with Gasteiger partial charge in [0.2, 0.25) is 0 Å². The van der Waals surface area contributed by atoms with Crippen molar-refractivity contribution in [2.45, 2.75) is 6.92 Å². The molecule has 0 aromatic heterocycles. The molecule has 0 atom stereocenters. The van der Waals surface area contributed by atoms with Crippen molar-refractivity contribution in [1.29, 1.82) is 0 Å². The fourth-order valence-corrected chi connectivity index (χ4v) is 2.06. The highest BCUT2D eigenvalue weighted by Gasteiger charge is 2.28. The number of allylic oxidation sites excluding steroid dienone is 1. The molecule has 4 nitrogen and oxygen atoms in total. The molecule has 0 radical (unpaired) electrons. The van der Waals surface area contributed by atoms with E-state index in [0.717, 1.165) is 0 Å². The third-order valence-electron chi connectivity index (χ3n) is 3.21. The molecule has 0 aliphatic carbocycles. The van der Waals surface area contributed by atoms with Gasteiger partial charge in [0, 0.05) is 11.8 Å². The molecule has 136 valence electrons. The number of nitrogens with one attached hydrogen (secondary N) is 1. The Morgan fingerprint density at radius 3 is 2.19 bits per heavy atom. The van der Waals surface area contributed by atoms with Crippen molar-refractivity contribution in [3.63, 3.8) is 0 Å². The zero-order chi connectivity index (χ0) is 19.3. The maximum atomic E-state index is 14.2. The molecule has 8 heteroatoms. The first-order valence-electron chi connectivity index (χ1n) is 7.44. The van der Waals surface area contributed by atoms with E-state index in [9.17, 15) is 27.2 Å². The van der Waals surface area contributed by atoms with E-state index in [2.05, 4.69) is 10.1 Å². The summed E-state index contributed by atoms with van der Waals surface area (Å²) < 4.78 is 60.0. The zero-order valence-electron chi connectivity index (χ0n) is 13.5. The van der Waals surface area contributed by atoms with Crippen LogP contribution >= 0.6 is 0 Å². The van der Waals surface area contributed by atoms with Gasteiger partial charge in [0.25, 0.3) is 0 Å². The van der Waals surface area contributed by atoms with Crippen LogP contribution in [0.25, 0.3) is 0 Å². The number of hydrogen-bond acceptors (Lipinski definition) is 4. The van der Waals surface area contributed by atoms with Gasteiger partial charge in [-0.15, -0.1) is 0 Å². The van der Waals surface area contributed by atoms with E-state index >= 15 is 0 Å². The largest absolute Gasteiger partial charge is 0.463 e. The lowest BCUT2D eigenvalue weighted by molar-refractivity contribution is -0.137. The number of carbonyl (C=O) groups excluding carboxylic acids is 2. The van der Waals surface area contributed by atoms with Gasteiger partial charge >= 0.3 is 5.97 Å². The number of esters is 1. The standard InChI is InChI=1S/C18H13F4NO3/c1-2-26-12(25)9-8-11(24)13-14(19)15(20)16(21)17(22)18(13)23-10-6-4-3-5-7-10/h3-9,23H,2H2,1H3/b9-8+. The van der Waals surface area contributed by atoms with Gasteiger partial charge in [-0.2, -0.15) is 0 Å². The number of anilines is 2. The average molecular weight is 367 g/mol. The highest BCUT2D eigenvalue weighted by molar-refractivity contribution is 6.11. The van der Waals surface area contributed by atoms with Crippen molar-refractivity contribution in [2.75, 3.05) is 11.9 Å². The van der Waals surface area contributed by atoms with E-state index in [-0.39, 0.29) is 12.3 Å². The minimum atomic E-state index is -2.13. The Hall–Kier alpha value is -3.16. The number of rotatable bonds is 6. The van der Waals surface area contributed by atoms with Gasteiger partial charge in [0.1, 0.15) is 0 Å². The van der Waals surface area contributed by atoms with E-state index < -0.39 is 46.3 Å². The van der Waals surface area contributed by atoms with Crippen LogP contribution in [-0.4, -0.2) is 18.4 Å². The van der Waals surface area contributed by atoms with Crippen molar-refractivity contribution in [3.05, 3.63) is 71.3 Å². The lowest BCUT2D eigenvalue weighted by atomic mass is 10.0. The lowest BCUT2D eigenvalue weighted by Gasteiger charge is -2.14. The first kappa shape index (κ1) is 19.2. The maximum absolute atomic E-state index is 14.2. The molecular weight excluding hydrogens is 354 g/mol. The molecule has 2 rings (SSSR count). The van der Waals surface area contributed by atoms with Gasteiger partial charge in [-0.3, -0.25) is 4.79 Å². The van der Waals surface area contributed by atoms with Gasteiger partial charge < -0.3 is 10.1 Å². The molecule has 0 saturated heterocycles. The second kappa shape index (κ2) is 8.28. The number of carbonyl (C=O) groups is 2. The summed E-state index contributed by atoms with van der Waals surface area (Å²) in [6, 6.07) is 7.64. The van der Waals surface area contributed by atoms with Crippen molar-refractivity contribution < 1.29 is 31.9 Å². The topological polar surface area (TPSA) is 55.4 Å². The van der Waals surface area contributed by atoms with Crippen LogP contribution in [0, 0.1) is 23.3 Å². The molecule has 0 saturated carbocycles. The van der Waals surface area contributed by atoms with Gasteiger partial charge in [-0.05, 0) is 25.1 Å². The molecule has 2 aromatic rings. The highest BCUT2D eigenvalue weighted by atomic mass is 19.2. The number of para-hydroxylation sites is 1. The summed E-state index contributed by atoms with van der Waals surface area (Å²) in [5.74, 6) is -9.98. The summed E-state index contributed by atoms with van der Waals surface area (Å²) in [5.41, 5.74) is -1.75. The van der Waals surface area contributed by atoms with E-state index in [1.807, 2.05) is 0 Å². The summed E-state index contributed by atoms with van der Waals surface area (Å²) in [5, 5.41) is 2.35. The molecule has 0 amide bonds. The summed E-state index contributed by atoms with van der Waals surface area (Å²) in [6.07, 6.45) is 1.26. The molecule has 26 heavy (non-hydrogen) atoms. The van der Waals surface area contributed by atoms with Crippen LogP contribution in [0.15, 0.2) is 42.5 Å². The van der Waals surface area contributed by atoms with Crippen molar-refractivity contribution in [3.8, 4) is 0 Å². The smallest absolute Gasteiger partial charge is 0.330 e. The summed E-state index contributed by atoms with van der Waals surface area (Å²) in [6.45, 7) is 1.56. The number of halogens is 4. The Kier molecular flexibility index (Phi) is 6.11. The molecule has 0 aliphatic rings. The maximum Gasteiger partial charge on any atom is 0.330 e. The zero-order valence-corrected chi connectivity index (χ0v) is 13.5. The van der Waals surface area contributed by atoms with Crippen molar-refractivity contribution >= 4 is 23.1 Å². The van der Waals surface area contributed by atoms with Gasteiger partial charge in [-0.25, -0.2) is 22.4 Å². The predicted octanol–water partition coefficient (Wildman–Crippen LogP) is 4.29. The monoisotopic (exact) mass is 367 g/mol. The molecule has 0 aliphatic heterocycles. The molecule has 0 fully saturated rings. The molecular formula is C18H13F4NO3. The quantitative estimate of drug-likeness (QED) is 0.207. The van der Waals surface area contributed by atoms with E-state index in [0.29, 0.717) is 12.2 Å². The Morgan fingerprint density at radius 1 is 0.962 bits per heavy atom. The third-order valence-corrected chi connectivity index (χ3v) is 3.21. The molecule has 0 bridgehead atoms. The van der Waals surface area contributed by atoms with Gasteiger partial charge in [0.05, 0.1) is 17.9 Å². The van der Waals surface area contributed by atoms with Gasteiger partial charge in [-0.1, -0.05) is 18.2 Å². The van der Waals surface area contributed by atoms with E-state index in [1.165, 1.54) is 19.1 Å². The Bertz CT molecular complexity index is 867. The number of ketones is 1. The Labute approximate surface area is 146 Å². The number of hydrogen-bond donors (Lipinski definition) is 1. The minimum Gasteiger partial charge on any atom is -0.463 e. The molecule has 0 spiro atoms. The van der Waals surface area contributed by atoms with Gasteiger partial charge in [0.15, 0.2) is 29.1 Å². The summed E-state index contributed by atoms with van der Waals surface area (Å²) in [4.78, 5) is 23.4. The second-order valence-electron chi connectivity index (χ2n) is 4.95. The van der Waals surface area contributed by atoms with Crippen LogP contribution in [0.2, 0.25) is 0 Å². The fraction of sp³-hybridized carbons (Fsp3) is 0.111. The third kappa shape index (κ3) is 4.08. The first-order chi connectivity index (χ1) is 12.4. The van der Waals surface area contributed by atoms with Crippen LogP contribution in [0.1, 0.15) is 17.3 Å². The van der Waals surface area contributed by atoms with Crippen LogP contribution in [0.3, 0.4) is 0 Å². The molecule has 0 unspecified atom stereocenters. The van der Waals surface area contributed by atoms with E-state index in [1.54, 1.807) is 18.2 Å². The first-order valence-corrected chi connectivity index (χ1v) is 7.44. The van der Waals surface area contributed by atoms with Crippen LogP contribution < -0.4 is 5.32 Å². The Morgan fingerprint density at radius 2 is 1.58 bits per heavy atom. The molecule has 2 aromatic carbocycles. The Balaban J connectivity index is 2.52. The number of benzene rings is 2. The van der Waals surface area contributed by atoms with Crippen molar-refractivity contribution in [2.24, 2.45) is 0 Å². The molecule has 0 heterocycles. The average Bonchev–Trinajstić information content (AvgIpc) is 2.64. The van der Waals surface area contributed by atoms with Crippen molar-refractivity contribution in [1.82, 2.24) is 0 Å². The summed E-state index contributed by atoms with van der Waals surface area (Å²) >= 11 is 0. The summed E-state index contributed by atoms with van der Waals surface area (Å²) in [7, 11) is 0. The van der Waals surface area contributed by atoms with E-state index in [4.69, 9.17) is 0 Å². The van der Waals surface area contributed by atoms with Crippen LogP contribution in [-0.2, 0) is 9.53 Å². The predicted molar refractivity (Wildman–Crippen MR) is 86.1 cm³/mol. The molecule has 1 N–H and O–H groups in total. The minimum absolute atomic E-state index is 0.0341. The highest BCUT2D eigenvalue weighted by Crippen LogP contribution is 2.31. The van der Waals surface area contributed by atoms with Crippen LogP contribution in [0.4, 0.5) is 28.9 Å².